The lowest BCUT2D eigenvalue weighted by Gasteiger charge is -2.07. The molecule has 0 aliphatic rings. The molecule has 2 nitrogen and oxygen atoms in total. The van der Waals surface area contributed by atoms with E-state index in [-0.39, 0.29) is 5.63 Å². The molecule has 0 fully saturated rings. The highest BCUT2D eigenvalue weighted by atomic mass is 16.4. The molecular formula is C21H20O2. The third-order valence-electron chi connectivity index (χ3n) is 4.01. The van der Waals surface area contributed by atoms with Crippen molar-refractivity contribution in [3.8, 4) is 0 Å². The first-order chi connectivity index (χ1) is 11.1. The summed E-state index contributed by atoms with van der Waals surface area (Å²) in [5.74, 6) is 0. The number of rotatable bonds is 0. The van der Waals surface area contributed by atoms with Gasteiger partial charge < -0.3 is 4.42 Å². The van der Waals surface area contributed by atoms with Gasteiger partial charge >= 0.3 is 5.63 Å². The van der Waals surface area contributed by atoms with Crippen molar-refractivity contribution < 1.29 is 4.42 Å². The van der Waals surface area contributed by atoms with Gasteiger partial charge in [0, 0.05) is 10.8 Å². The van der Waals surface area contributed by atoms with Crippen LogP contribution in [0.25, 0.3) is 32.5 Å². The topological polar surface area (TPSA) is 30.2 Å². The number of hydrogen-bond donors (Lipinski definition) is 0. The largest absolute Gasteiger partial charge is 0.422 e. The molecule has 0 bridgehead atoms. The van der Waals surface area contributed by atoms with Crippen molar-refractivity contribution in [2.75, 3.05) is 0 Å². The van der Waals surface area contributed by atoms with E-state index in [2.05, 4.69) is 19.1 Å². The highest BCUT2D eigenvalue weighted by Crippen LogP contribution is 2.30. The second-order valence-electron chi connectivity index (χ2n) is 5.61. The van der Waals surface area contributed by atoms with Crippen LogP contribution in [0.3, 0.4) is 0 Å². The summed E-state index contributed by atoms with van der Waals surface area (Å²) in [6.07, 6.45) is 0. The van der Waals surface area contributed by atoms with E-state index < -0.39 is 0 Å². The number of aryl methyl sites for hydroxylation is 2. The Morgan fingerprint density at radius 3 is 2.04 bits per heavy atom. The molecule has 0 radical (unpaired) electrons. The predicted molar refractivity (Wildman–Crippen MR) is 98.3 cm³/mol. The van der Waals surface area contributed by atoms with Gasteiger partial charge in [0.1, 0.15) is 5.58 Å². The first-order valence-corrected chi connectivity index (χ1v) is 8.00. The third-order valence-corrected chi connectivity index (χ3v) is 4.01. The van der Waals surface area contributed by atoms with Crippen molar-refractivity contribution in [2.45, 2.75) is 27.7 Å². The van der Waals surface area contributed by atoms with Gasteiger partial charge in [-0.2, -0.15) is 0 Å². The van der Waals surface area contributed by atoms with Gasteiger partial charge in [0.25, 0.3) is 0 Å². The van der Waals surface area contributed by atoms with Gasteiger partial charge in [-0.15, -0.1) is 0 Å². The molecular weight excluding hydrogens is 284 g/mol. The van der Waals surface area contributed by atoms with Crippen LogP contribution in [0.15, 0.2) is 57.7 Å². The standard InChI is InChI=1S/C19H14O2.C2H6/c1-11-3-6-14-13(9-11)5-8-16-15-7-4-12(2)10-17(15)19(20)21-18(14)16;1-2/h3-10H,1-2H3;1-2H3. The molecule has 3 aromatic carbocycles. The number of hydrogen-bond acceptors (Lipinski definition) is 2. The quantitative estimate of drug-likeness (QED) is 0.306. The minimum absolute atomic E-state index is 0.269. The predicted octanol–water partition coefficient (Wildman–Crippen LogP) is 5.74. The molecule has 0 spiro atoms. The zero-order valence-electron chi connectivity index (χ0n) is 13.9. The molecule has 0 saturated heterocycles. The van der Waals surface area contributed by atoms with Gasteiger partial charge in [0.2, 0.25) is 0 Å². The van der Waals surface area contributed by atoms with Gasteiger partial charge in [-0.1, -0.05) is 61.4 Å². The lowest BCUT2D eigenvalue weighted by Crippen LogP contribution is -2.00. The Labute approximate surface area is 135 Å². The van der Waals surface area contributed by atoms with Crippen LogP contribution >= 0.6 is 0 Å². The Morgan fingerprint density at radius 1 is 0.696 bits per heavy atom. The summed E-state index contributed by atoms with van der Waals surface area (Å²) in [6.45, 7) is 8.04. The maximum atomic E-state index is 12.3. The first-order valence-electron chi connectivity index (χ1n) is 8.00. The van der Waals surface area contributed by atoms with Crippen molar-refractivity contribution >= 4 is 32.5 Å². The molecule has 2 heteroatoms. The lowest BCUT2D eigenvalue weighted by molar-refractivity contribution is 0.573. The Morgan fingerprint density at radius 2 is 1.30 bits per heavy atom. The van der Waals surface area contributed by atoms with E-state index >= 15 is 0 Å². The maximum absolute atomic E-state index is 12.3. The van der Waals surface area contributed by atoms with Crippen LogP contribution in [-0.4, -0.2) is 0 Å². The van der Waals surface area contributed by atoms with Gasteiger partial charge in [-0.3, -0.25) is 0 Å². The molecule has 0 unspecified atom stereocenters. The summed E-state index contributed by atoms with van der Waals surface area (Å²) in [6, 6.07) is 16.2. The van der Waals surface area contributed by atoms with Crippen molar-refractivity contribution in [1.29, 1.82) is 0 Å². The average Bonchev–Trinajstić information content (AvgIpc) is 2.56. The molecule has 0 aliphatic carbocycles. The highest BCUT2D eigenvalue weighted by molar-refractivity contribution is 6.13. The van der Waals surface area contributed by atoms with E-state index in [0.717, 1.165) is 27.1 Å². The van der Waals surface area contributed by atoms with E-state index in [4.69, 9.17) is 4.42 Å². The second kappa shape index (κ2) is 5.88. The third kappa shape index (κ3) is 2.50. The van der Waals surface area contributed by atoms with Crippen LogP contribution in [0.5, 0.6) is 0 Å². The molecule has 1 aromatic heterocycles. The lowest BCUT2D eigenvalue weighted by atomic mass is 10.0. The van der Waals surface area contributed by atoms with Crippen molar-refractivity contribution in [3.63, 3.8) is 0 Å². The minimum atomic E-state index is -0.269. The SMILES string of the molecule is CC.Cc1ccc2c(ccc3c4ccc(C)cc4c(=O)oc23)c1. The minimum Gasteiger partial charge on any atom is -0.422 e. The van der Waals surface area contributed by atoms with E-state index in [1.54, 1.807) is 0 Å². The maximum Gasteiger partial charge on any atom is 0.344 e. The van der Waals surface area contributed by atoms with Gasteiger partial charge in [-0.05, 0) is 36.8 Å². The molecule has 4 aromatic rings. The Balaban J connectivity index is 0.000000753. The van der Waals surface area contributed by atoms with Gasteiger partial charge in [0.15, 0.2) is 0 Å². The molecule has 0 saturated carbocycles. The van der Waals surface area contributed by atoms with Crippen LogP contribution in [0.1, 0.15) is 25.0 Å². The summed E-state index contributed by atoms with van der Waals surface area (Å²) in [7, 11) is 0. The highest BCUT2D eigenvalue weighted by Gasteiger charge is 2.10. The molecule has 0 N–H and O–H groups in total. The van der Waals surface area contributed by atoms with Crippen LogP contribution in [0.4, 0.5) is 0 Å². The molecule has 23 heavy (non-hydrogen) atoms. The smallest absolute Gasteiger partial charge is 0.344 e. The van der Waals surface area contributed by atoms with E-state index in [9.17, 15) is 4.79 Å². The summed E-state index contributed by atoms with van der Waals surface area (Å²) >= 11 is 0. The van der Waals surface area contributed by atoms with Crippen molar-refractivity contribution in [1.82, 2.24) is 0 Å². The first kappa shape index (κ1) is 15.3. The normalized spacial score (nSPS) is 10.8. The zero-order valence-corrected chi connectivity index (χ0v) is 13.9. The molecule has 0 aliphatic heterocycles. The summed E-state index contributed by atoms with van der Waals surface area (Å²) in [5, 5.41) is 4.67. The van der Waals surface area contributed by atoms with Crippen molar-refractivity contribution in [3.05, 3.63) is 70.1 Å². The van der Waals surface area contributed by atoms with Crippen LogP contribution in [0.2, 0.25) is 0 Å². The second-order valence-corrected chi connectivity index (χ2v) is 5.61. The summed E-state index contributed by atoms with van der Waals surface area (Å²) in [5.41, 5.74) is 2.66. The number of fused-ring (bicyclic) bond motifs is 5. The van der Waals surface area contributed by atoms with Gasteiger partial charge in [0.05, 0.1) is 5.39 Å². The average molecular weight is 304 g/mol. The van der Waals surface area contributed by atoms with E-state index in [0.29, 0.717) is 11.0 Å². The van der Waals surface area contributed by atoms with Crippen molar-refractivity contribution in [2.24, 2.45) is 0 Å². The summed E-state index contributed by atoms with van der Waals surface area (Å²) in [4.78, 5) is 12.3. The fourth-order valence-electron chi connectivity index (χ4n) is 2.95. The molecule has 116 valence electrons. The Hall–Kier alpha value is -2.61. The fourth-order valence-corrected chi connectivity index (χ4v) is 2.95. The fraction of sp³-hybridized carbons (Fsp3) is 0.190. The zero-order chi connectivity index (χ0) is 16.6. The van der Waals surface area contributed by atoms with E-state index in [1.807, 2.05) is 57.2 Å². The summed E-state index contributed by atoms with van der Waals surface area (Å²) < 4.78 is 5.63. The Bertz CT molecular complexity index is 1070. The monoisotopic (exact) mass is 304 g/mol. The van der Waals surface area contributed by atoms with Crippen LogP contribution < -0.4 is 5.63 Å². The molecule has 0 atom stereocenters. The van der Waals surface area contributed by atoms with Crippen LogP contribution in [-0.2, 0) is 0 Å². The van der Waals surface area contributed by atoms with E-state index in [1.165, 1.54) is 5.56 Å². The molecule has 0 amide bonds. The number of benzene rings is 3. The molecule has 1 heterocycles. The molecule has 4 rings (SSSR count). The van der Waals surface area contributed by atoms with Gasteiger partial charge in [-0.25, -0.2) is 4.79 Å². The Kier molecular flexibility index (Phi) is 3.91. The van der Waals surface area contributed by atoms with Crippen LogP contribution in [0, 0.1) is 13.8 Å².